The Hall–Kier alpha value is -1.84. The molecule has 0 spiro atoms. The Bertz CT molecular complexity index is 892. The summed E-state index contributed by atoms with van der Waals surface area (Å²) in [6.07, 6.45) is 11.6. The third-order valence-electron chi connectivity index (χ3n) is 9.84. The zero-order valence-corrected chi connectivity index (χ0v) is 25.8. The minimum absolute atomic E-state index is 0.0765. The van der Waals surface area contributed by atoms with Crippen molar-refractivity contribution < 1.29 is 9.18 Å². The third-order valence-corrected chi connectivity index (χ3v) is 9.84. The molecule has 1 saturated carbocycles. The van der Waals surface area contributed by atoms with Crippen LogP contribution in [0.3, 0.4) is 0 Å². The second kappa shape index (κ2) is 14.9. The Morgan fingerprint density at radius 3 is 2.60 bits per heavy atom. The van der Waals surface area contributed by atoms with Crippen LogP contribution in [0.25, 0.3) is 0 Å². The average Bonchev–Trinajstić information content (AvgIpc) is 3.19. The summed E-state index contributed by atoms with van der Waals surface area (Å²) in [5.74, 6) is -0.0127. The van der Waals surface area contributed by atoms with Gasteiger partial charge in [0.1, 0.15) is 0 Å². The van der Waals surface area contributed by atoms with E-state index < -0.39 is 24.3 Å². The fraction of sp³-hybridized carbons (Fsp3) is 0.839. The van der Waals surface area contributed by atoms with Crippen molar-refractivity contribution in [3.05, 3.63) is 11.6 Å². The van der Waals surface area contributed by atoms with Crippen LogP contribution in [0, 0.1) is 23.2 Å². The highest BCUT2D eigenvalue weighted by Crippen LogP contribution is 2.48. The number of halogens is 1. The first-order valence-corrected chi connectivity index (χ1v) is 15.6. The molecule has 2 aliphatic heterocycles. The van der Waals surface area contributed by atoms with Gasteiger partial charge in [-0.25, -0.2) is 4.39 Å². The van der Waals surface area contributed by atoms with Crippen LogP contribution in [0.1, 0.15) is 86.0 Å². The van der Waals surface area contributed by atoms with E-state index in [0.717, 1.165) is 43.7 Å². The molecule has 0 aromatic heterocycles. The molecule has 0 aromatic carbocycles. The molecule has 2 fully saturated rings. The first-order valence-electron chi connectivity index (χ1n) is 15.6. The SMILES string of the molecule is CCC[C@](C)(C/C(=C/C(F)/C=N\C(C)C(C(=O)NC1CNCCC1C1C(C)N=CN1C)C(N)N)CC)C1CCC1. The second-order valence-electron chi connectivity index (χ2n) is 12.9. The number of hydrogen-bond donors (Lipinski definition) is 4. The number of likely N-dealkylation sites (N-methyl/N-ethyl adjacent to an activating group) is 1. The van der Waals surface area contributed by atoms with Crippen LogP contribution in [-0.2, 0) is 4.79 Å². The van der Waals surface area contributed by atoms with Crippen molar-refractivity contribution in [2.75, 3.05) is 20.1 Å². The maximum Gasteiger partial charge on any atom is 0.228 e. The number of rotatable bonds is 14. The van der Waals surface area contributed by atoms with Gasteiger partial charge in [0, 0.05) is 31.8 Å². The van der Waals surface area contributed by atoms with E-state index in [2.05, 4.69) is 53.2 Å². The number of aliphatic imine (C=N–C) groups is 2. The minimum Gasteiger partial charge on any atom is -0.361 e. The number of hydrogen-bond acceptors (Lipinski definition) is 7. The molecule has 7 unspecified atom stereocenters. The van der Waals surface area contributed by atoms with Gasteiger partial charge in [0.05, 0.1) is 36.5 Å². The number of carbonyl (C=O) groups excluding carboxylic acids is 1. The van der Waals surface area contributed by atoms with E-state index in [9.17, 15) is 4.79 Å². The fourth-order valence-corrected chi connectivity index (χ4v) is 7.33. The third kappa shape index (κ3) is 8.13. The number of nitrogens with two attached hydrogens (primary N) is 2. The van der Waals surface area contributed by atoms with E-state index in [-0.39, 0.29) is 35.4 Å². The normalized spacial score (nSPS) is 29.9. The molecule has 40 heavy (non-hydrogen) atoms. The number of allylic oxidation sites excluding steroid dienone is 2. The molecule has 9 heteroatoms. The van der Waals surface area contributed by atoms with Crippen molar-refractivity contribution in [1.29, 1.82) is 0 Å². The zero-order chi connectivity index (χ0) is 29.4. The molecular formula is C31H56FN7O. The zero-order valence-electron chi connectivity index (χ0n) is 25.8. The quantitative estimate of drug-likeness (QED) is 0.146. The van der Waals surface area contributed by atoms with Crippen molar-refractivity contribution in [2.45, 2.75) is 122 Å². The molecule has 2 heterocycles. The topological polar surface area (TPSA) is 121 Å². The van der Waals surface area contributed by atoms with E-state index >= 15 is 4.39 Å². The van der Waals surface area contributed by atoms with Gasteiger partial charge in [-0.1, -0.05) is 39.2 Å². The summed E-state index contributed by atoms with van der Waals surface area (Å²) in [4.78, 5) is 24.6. The molecule has 228 valence electrons. The Morgan fingerprint density at radius 2 is 2.05 bits per heavy atom. The lowest BCUT2D eigenvalue weighted by Gasteiger charge is -2.44. The first kappa shape index (κ1) is 32.7. The number of nitrogens with one attached hydrogen (secondary N) is 2. The van der Waals surface area contributed by atoms with Crippen molar-refractivity contribution >= 4 is 18.5 Å². The van der Waals surface area contributed by atoms with E-state index in [1.54, 1.807) is 13.0 Å². The van der Waals surface area contributed by atoms with E-state index in [1.165, 1.54) is 31.9 Å². The molecule has 0 radical (unpaired) electrons. The maximum absolute atomic E-state index is 15.2. The Labute approximate surface area is 242 Å². The van der Waals surface area contributed by atoms with Gasteiger partial charge in [0.2, 0.25) is 5.91 Å². The molecule has 8 nitrogen and oxygen atoms in total. The Morgan fingerprint density at radius 1 is 1.32 bits per heavy atom. The molecule has 8 atom stereocenters. The fourth-order valence-electron chi connectivity index (χ4n) is 7.33. The molecule has 0 aromatic rings. The molecule has 3 rings (SSSR count). The lowest BCUT2D eigenvalue weighted by molar-refractivity contribution is -0.127. The van der Waals surface area contributed by atoms with E-state index in [1.807, 2.05) is 13.4 Å². The van der Waals surface area contributed by atoms with Gasteiger partial charge in [-0.3, -0.25) is 14.8 Å². The molecular weight excluding hydrogens is 505 g/mol. The summed E-state index contributed by atoms with van der Waals surface area (Å²) in [6, 6.07) is -0.237. The number of carbonyl (C=O) groups is 1. The summed E-state index contributed by atoms with van der Waals surface area (Å²) in [7, 11) is 2.04. The summed E-state index contributed by atoms with van der Waals surface area (Å²) >= 11 is 0. The first-order chi connectivity index (χ1) is 19.0. The van der Waals surface area contributed by atoms with E-state index in [4.69, 9.17) is 11.5 Å². The minimum atomic E-state index is -1.31. The van der Waals surface area contributed by atoms with Gasteiger partial charge in [0.15, 0.2) is 6.17 Å². The summed E-state index contributed by atoms with van der Waals surface area (Å²) in [6.45, 7) is 12.2. The van der Waals surface area contributed by atoms with Crippen LogP contribution in [0.5, 0.6) is 0 Å². The lowest BCUT2D eigenvalue weighted by Crippen LogP contribution is -2.61. The smallest absolute Gasteiger partial charge is 0.228 e. The van der Waals surface area contributed by atoms with Gasteiger partial charge in [-0.05, 0) is 76.3 Å². The van der Waals surface area contributed by atoms with Crippen LogP contribution >= 0.6 is 0 Å². The molecule has 1 saturated heterocycles. The van der Waals surface area contributed by atoms with Crippen LogP contribution in [0.4, 0.5) is 4.39 Å². The monoisotopic (exact) mass is 561 g/mol. The molecule has 1 amide bonds. The van der Waals surface area contributed by atoms with Crippen molar-refractivity contribution in [3.8, 4) is 0 Å². The second-order valence-corrected chi connectivity index (χ2v) is 12.9. The number of nitrogens with zero attached hydrogens (tertiary/aromatic N) is 3. The van der Waals surface area contributed by atoms with Crippen LogP contribution in [0.15, 0.2) is 21.6 Å². The highest BCUT2D eigenvalue weighted by Gasteiger charge is 2.41. The van der Waals surface area contributed by atoms with Gasteiger partial charge >= 0.3 is 0 Å². The van der Waals surface area contributed by atoms with Crippen molar-refractivity contribution in [3.63, 3.8) is 0 Å². The molecule has 0 bridgehead atoms. The van der Waals surface area contributed by atoms with Gasteiger partial charge < -0.3 is 27.0 Å². The molecule has 3 aliphatic rings. The maximum atomic E-state index is 15.2. The predicted octanol–water partition coefficient (Wildman–Crippen LogP) is 3.80. The van der Waals surface area contributed by atoms with Crippen LogP contribution in [0.2, 0.25) is 0 Å². The number of alkyl halides is 1. The van der Waals surface area contributed by atoms with Crippen LogP contribution < -0.4 is 22.1 Å². The van der Waals surface area contributed by atoms with Crippen molar-refractivity contribution in [2.24, 2.45) is 44.6 Å². The Balaban J connectivity index is 1.64. The lowest BCUT2D eigenvalue weighted by atomic mass is 9.61. The van der Waals surface area contributed by atoms with Crippen molar-refractivity contribution in [1.82, 2.24) is 15.5 Å². The number of piperidine rings is 1. The highest BCUT2D eigenvalue weighted by atomic mass is 19.1. The molecule has 6 N–H and O–H groups in total. The Kier molecular flexibility index (Phi) is 12.1. The number of amides is 1. The predicted molar refractivity (Wildman–Crippen MR) is 164 cm³/mol. The molecule has 1 aliphatic carbocycles. The van der Waals surface area contributed by atoms with Gasteiger partial charge in [0.25, 0.3) is 0 Å². The summed E-state index contributed by atoms with van der Waals surface area (Å²) < 4.78 is 15.2. The van der Waals surface area contributed by atoms with E-state index in [0.29, 0.717) is 6.54 Å². The summed E-state index contributed by atoms with van der Waals surface area (Å²) in [5, 5.41) is 6.61. The van der Waals surface area contributed by atoms with Crippen LogP contribution in [-0.4, -0.2) is 80.0 Å². The highest BCUT2D eigenvalue weighted by molar-refractivity contribution is 5.81. The summed E-state index contributed by atoms with van der Waals surface area (Å²) in [5.41, 5.74) is 13.6. The van der Waals surface area contributed by atoms with Gasteiger partial charge in [-0.2, -0.15) is 0 Å². The largest absolute Gasteiger partial charge is 0.361 e. The average molecular weight is 562 g/mol. The van der Waals surface area contributed by atoms with Gasteiger partial charge in [-0.15, -0.1) is 0 Å². The standard InChI is InChI=1S/C31H56FN7O/c1-7-13-31(5,23-10-9-11-23)16-22(8-2)15-24(32)17-36-20(3)27(29(33)34)30(40)38-26-18-35-14-12-25(26)28-21(4)37-19-39(28)6/h15,17,19-21,23-29,35H,7-14,16,18,33-34H2,1-6H3,(H,38,40)/b22-15+,36-17-/t20?,21?,24?,25?,26?,27?,28?,31-/m1/s1.